The first-order valence-electron chi connectivity index (χ1n) is 7.47. The van der Waals surface area contributed by atoms with Crippen LogP contribution in [0.5, 0.6) is 0 Å². The molecule has 0 spiro atoms. The van der Waals surface area contributed by atoms with E-state index in [1.807, 2.05) is 48.8 Å². The van der Waals surface area contributed by atoms with Crippen LogP contribution in [-0.4, -0.2) is 40.0 Å². The second-order valence-electron chi connectivity index (χ2n) is 5.24. The number of rotatable bonds is 5. The molecule has 4 aromatic heterocycles. The van der Waals surface area contributed by atoms with Crippen molar-refractivity contribution < 1.29 is 0 Å². The maximum Gasteiger partial charge on any atom is 0.134 e. The lowest BCUT2D eigenvalue weighted by atomic mass is 10.3. The van der Waals surface area contributed by atoms with Gasteiger partial charge >= 0.3 is 0 Å². The highest BCUT2D eigenvalue weighted by atomic mass is 15.4. The topological polar surface area (TPSA) is 87.2 Å². The molecule has 8 heteroatoms. The summed E-state index contributed by atoms with van der Waals surface area (Å²) in [5.41, 5.74) is 3.21. The number of hydrogen-bond donors (Lipinski definition) is 0. The molecule has 0 amide bonds. The van der Waals surface area contributed by atoms with E-state index in [2.05, 4.69) is 30.6 Å². The van der Waals surface area contributed by atoms with Crippen molar-refractivity contribution in [2.45, 2.75) is 13.1 Å². The fourth-order valence-corrected chi connectivity index (χ4v) is 2.30. The Labute approximate surface area is 137 Å². The summed E-state index contributed by atoms with van der Waals surface area (Å²) < 4.78 is 3.46. The smallest absolute Gasteiger partial charge is 0.134 e. The highest BCUT2D eigenvalue weighted by Crippen LogP contribution is 2.13. The molecule has 0 radical (unpaired) electrons. The molecule has 0 aliphatic carbocycles. The van der Waals surface area contributed by atoms with Crippen LogP contribution in [0, 0.1) is 0 Å². The quantitative estimate of drug-likeness (QED) is 0.553. The zero-order valence-electron chi connectivity index (χ0n) is 12.8. The van der Waals surface area contributed by atoms with Crippen LogP contribution in [0.25, 0.3) is 11.4 Å². The summed E-state index contributed by atoms with van der Waals surface area (Å²) in [4.78, 5) is 8.56. The second-order valence-corrected chi connectivity index (χ2v) is 5.24. The minimum Gasteiger partial charge on any atom is -0.259 e. The standard InChI is InChI=1S/C16H14N8/c1-3-7-17-13(5-1)9-23-11-15(19-21-23)16-12-24(22-20-16)10-14-6-2-4-8-18-14/h1-8,11-12H,9-10H2. The van der Waals surface area contributed by atoms with E-state index in [0.717, 1.165) is 11.4 Å². The molecule has 0 aromatic carbocycles. The summed E-state index contributed by atoms with van der Waals surface area (Å²) in [5, 5.41) is 16.6. The zero-order valence-corrected chi connectivity index (χ0v) is 12.8. The van der Waals surface area contributed by atoms with E-state index in [4.69, 9.17) is 0 Å². The van der Waals surface area contributed by atoms with Crippen molar-refractivity contribution in [3.05, 3.63) is 72.6 Å². The molecule has 0 unspecified atom stereocenters. The van der Waals surface area contributed by atoms with E-state index in [9.17, 15) is 0 Å². The first-order valence-corrected chi connectivity index (χ1v) is 7.47. The van der Waals surface area contributed by atoms with Crippen molar-refractivity contribution in [2.24, 2.45) is 0 Å². The number of hydrogen-bond acceptors (Lipinski definition) is 6. The molecule has 0 aliphatic rings. The molecule has 0 N–H and O–H groups in total. The summed E-state index contributed by atoms with van der Waals surface area (Å²) in [5.74, 6) is 0. The van der Waals surface area contributed by atoms with E-state index >= 15 is 0 Å². The van der Waals surface area contributed by atoms with Gasteiger partial charge in [-0.2, -0.15) is 0 Å². The molecule has 0 aliphatic heterocycles. The molecule has 4 aromatic rings. The second kappa shape index (κ2) is 6.37. The average Bonchev–Trinajstić information content (AvgIpc) is 3.26. The van der Waals surface area contributed by atoms with Crippen molar-refractivity contribution in [2.75, 3.05) is 0 Å². The molecular weight excluding hydrogens is 304 g/mol. The normalized spacial score (nSPS) is 10.8. The van der Waals surface area contributed by atoms with Crippen molar-refractivity contribution in [3.63, 3.8) is 0 Å². The molecule has 0 saturated carbocycles. The number of pyridine rings is 2. The summed E-state index contributed by atoms with van der Waals surface area (Å²) in [6, 6.07) is 11.6. The lowest BCUT2D eigenvalue weighted by Crippen LogP contribution is -2.01. The summed E-state index contributed by atoms with van der Waals surface area (Å²) in [6.07, 6.45) is 7.19. The SMILES string of the molecule is c1ccc(Cn2cc(-c3cn(Cc4ccccn4)nn3)nn2)nc1. The predicted molar refractivity (Wildman–Crippen MR) is 85.7 cm³/mol. The molecule has 0 atom stereocenters. The number of nitrogens with zero attached hydrogens (tertiary/aromatic N) is 8. The Balaban J connectivity index is 1.49. The summed E-state index contributed by atoms with van der Waals surface area (Å²) in [7, 11) is 0. The van der Waals surface area contributed by atoms with Crippen LogP contribution >= 0.6 is 0 Å². The Morgan fingerprint density at radius 3 is 1.58 bits per heavy atom. The lowest BCUT2D eigenvalue weighted by molar-refractivity contribution is 0.638. The van der Waals surface area contributed by atoms with Crippen LogP contribution in [0.4, 0.5) is 0 Å². The van der Waals surface area contributed by atoms with Gasteiger partial charge in [0.05, 0.1) is 36.9 Å². The summed E-state index contributed by atoms with van der Waals surface area (Å²) >= 11 is 0. The molecule has 24 heavy (non-hydrogen) atoms. The van der Waals surface area contributed by atoms with Gasteiger partial charge in [0.2, 0.25) is 0 Å². The third kappa shape index (κ3) is 3.17. The van der Waals surface area contributed by atoms with Gasteiger partial charge in [-0.3, -0.25) is 9.97 Å². The fraction of sp³-hybridized carbons (Fsp3) is 0.125. The summed E-state index contributed by atoms with van der Waals surface area (Å²) in [6.45, 7) is 1.13. The third-order valence-electron chi connectivity index (χ3n) is 3.44. The van der Waals surface area contributed by atoms with E-state index in [0.29, 0.717) is 24.5 Å². The molecule has 0 bridgehead atoms. The first kappa shape index (κ1) is 14.2. The Hall–Kier alpha value is -3.42. The maximum absolute atomic E-state index is 4.28. The molecule has 8 nitrogen and oxygen atoms in total. The minimum atomic E-state index is 0.565. The van der Waals surface area contributed by atoms with Gasteiger partial charge in [-0.25, -0.2) is 9.36 Å². The van der Waals surface area contributed by atoms with Crippen LogP contribution in [0.3, 0.4) is 0 Å². The highest BCUT2D eigenvalue weighted by molar-refractivity contribution is 5.49. The van der Waals surface area contributed by atoms with Crippen molar-refractivity contribution >= 4 is 0 Å². The van der Waals surface area contributed by atoms with Gasteiger partial charge in [0.25, 0.3) is 0 Å². The van der Waals surface area contributed by atoms with Crippen LogP contribution in [0.2, 0.25) is 0 Å². The van der Waals surface area contributed by atoms with Gasteiger partial charge < -0.3 is 0 Å². The molecule has 0 fully saturated rings. The van der Waals surface area contributed by atoms with Gasteiger partial charge in [0.15, 0.2) is 0 Å². The highest BCUT2D eigenvalue weighted by Gasteiger charge is 2.09. The van der Waals surface area contributed by atoms with Gasteiger partial charge in [-0.1, -0.05) is 22.6 Å². The lowest BCUT2D eigenvalue weighted by Gasteiger charge is -1.98. The number of aromatic nitrogens is 8. The van der Waals surface area contributed by atoms with E-state index < -0.39 is 0 Å². The zero-order chi connectivity index (χ0) is 16.2. The maximum atomic E-state index is 4.28. The van der Waals surface area contributed by atoms with Crippen LogP contribution in [0.1, 0.15) is 11.4 Å². The molecule has 4 rings (SSSR count). The average molecular weight is 318 g/mol. The fourth-order valence-electron chi connectivity index (χ4n) is 2.30. The van der Waals surface area contributed by atoms with Crippen molar-refractivity contribution in [1.29, 1.82) is 0 Å². The molecule has 0 saturated heterocycles. The van der Waals surface area contributed by atoms with Crippen molar-refractivity contribution in [3.8, 4) is 11.4 Å². The monoisotopic (exact) mass is 318 g/mol. The van der Waals surface area contributed by atoms with Crippen LogP contribution in [-0.2, 0) is 13.1 Å². The van der Waals surface area contributed by atoms with Crippen LogP contribution in [0.15, 0.2) is 61.2 Å². The van der Waals surface area contributed by atoms with Crippen LogP contribution < -0.4 is 0 Å². The van der Waals surface area contributed by atoms with E-state index in [1.165, 1.54) is 0 Å². The third-order valence-corrected chi connectivity index (χ3v) is 3.44. The van der Waals surface area contributed by atoms with Gasteiger partial charge in [0, 0.05) is 12.4 Å². The van der Waals surface area contributed by atoms with Crippen molar-refractivity contribution in [1.82, 2.24) is 40.0 Å². The first-order chi connectivity index (χ1) is 11.9. The van der Waals surface area contributed by atoms with Gasteiger partial charge in [-0.15, -0.1) is 10.2 Å². The Morgan fingerprint density at radius 1 is 0.667 bits per heavy atom. The molecule has 4 heterocycles. The Morgan fingerprint density at radius 2 is 1.17 bits per heavy atom. The molecule has 118 valence electrons. The largest absolute Gasteiger partial charge is 0.259 e. The minimum absolute atomic E-state index is 0.565. The van der Waals surface area contributed by atoms with Gasteiger partial charge in [0.1, 0.15) is 11.4 Å². The Kier molecular flexibility index (Phi) is 3.77. The predicted octanol–water partition coefficient (Wildman–Crippen LogP) is 1.42. The Bertz CT molecular complexity index is 836. The molecular formula is C16H14N8. The van der Waals surface area contributed by atoms with E-state index in [1.54, 1.807) is 21.8 Å². The van der Waals surface area contributed by atoms with E-state index in [-0.39, 0.29) is 0 Å². The van der Waals surface area contributed by atoms with Gasteiger partial charge in [-0.05, 0) is 24.3 Å².